The molecule has 3 nitrogen and oxygen atoms in total. The highest BCUT2D eigenvalue weighted by molar-refractivity contribution is 5.97. The molecule has 1 fully saturated rings. The van der Waals surface area contributed by atoms with Crippen molar-refractivity contribution in [2.24, 2.45) is 0 Å². The van der Waals surface area contributed by atoms with E-state index in [-0.39, 0.29) is 18.1 Å². The molecular weight excluding hydrogens is 317 g/mol. The van der Waals surface area contributed by atoms with Gasteiger partial charge in [0.15, 0.2) is 0 Å². The quantitative estimate of drug-likeness (QED) is 0.859. The highest BCUT2D eigenvalue weighted by Crippen LogP contribution is 2.24. The standard InChI is InChI=1S/C18H17F3N2O/c1-12-18(24)23(17-5-3-2-4-15(17)20)9-8-22(12)11-13-6-7-14(19)10-16(13)21/h2-7,10,12H,8-9,11H2,1H3/t12-/m0/s1. The summed E-state index contributed by atoms with van der Waals surface area (Å²) in [6.07, 6.45) is 0. The molecule has 1 aliphatic heterocycles. The summed E-state index contributed by atoms with van der Waals surface area (Å²) >= 11 is 0. The first kappa shape index (κ1) is 16.5. The number of hydrogen-bond acceptors (Lipinski definition) is 2. The number of amides is 1. The number of anilines is 1. The Morgan fingerprint density at radius 2 is 1.79 bits per heavy atom. The highest BCUT2D eigenvalue weighted by Gasteiger charge is 2.33. The molecule has 1 amide bonds. The molecule has 2 aromatic carbocycles. The van der Waals surface area contributed by atoms with Gasteiger partial charge in [0, 0.05) is 31.3 Å². The maximum atomic E-state index is 13.9. The van der Waals surface area contributed by atoms with Crippen molar-refractivity contribution in [3.05, 3.63) is 65.5 Å². The van der Waals surface area contributed by atoms with E-state index in [1.54, 1.807) is 30.0 Å². The third-order valence-corrected chi connectivity index (χ3v) is 4.31. The fraction of sp³-hybridized carbons (Fsp3) is 0.278. The molecule has 0 aromatic heterocycles. The van der Waals surface area contributed by atoms with Crippen LogP contribution in [0.3, 0.4) is 0 Å². The van der Waals surface area contributed by atoms with Gasteiger partial charge in [-0.3, -0.25) is 9.69 Å². The molecule has 1 atom stereocenters. The molecule has 6 heteroatoms. The van der Waals surface area contributed by atoms with Crippen molar-refractivity contribution in [1.82, 2.24) is 4.90 Å². The monoisotopic (exact) mass is 334 g/mol. The van der Waals surface area contributed by atoms with Crippen LogP contribution in [-0.2, 0) is 11.3 Å². The summed E-state index contributed by atoms with van der Waals surface area (Å²) in [5.74, 6) is -1.96. The Morgan fingerprint density at radius 3 is 2.50 bits per heavy atom. The van der Waals surface area contributed by atoms with Crippen LogP contribution in [0, 0.1) is 17.5 Å². The maximum absolute atomic E-state index is 13.9. The maximum Gasteiger partial charge on any atom is 0.244 e. The number of piperazine rings is 1. The Hall–Kier alpha value is -2.34. The first-order valence-corrected chi connectivity index (χ1v) is 7.71. The van der Waals surface area contributed by atoms with Crippen molar-refractivity contribution >= 4 is 11.6 Å². The molecule has 0 radical (unpaired) electrons. The van der Waals surface area contributed by atoms with E-state index < -0.39 is 23.5 Å². The van der Waals surface area contributed by atoms with Crippen molar-refractivity contribution in [2.45, 2.75) is 19.5 Å². The van der Waals surface area contributed by atoms with Crippen LogP contribution < -0.4 is 4.90 Å². The van der Waals surface area contributed by atoms with E-state index in [0.29, 0.717) is 18.7 Å². The molecule has 1 heterocycles. The average Bonchev–Trinajstić information content (AvgIpc) is 2.55. The van der Waals surface area contributed by atoms with Crippen molar-refractivity contribution in [2.75, 3.05) is 18.0 Å². The molecule has 0 unspecified atom stereocenters. The Bertz CT molecular complexity index is 766. The predicted molar refractivity (Wildman–Crippen MR) is 85.0 cm³/mol. The summed E-state index contributed by atoms with van der Waals surface area (Å²) in [5.41, 5.74) is 0.581. The largest absolute Gasteiger partial charge is 0.307 e. The van der Waals surface area contributed by atoms with Gasteiger partial charge in [-0.05, 0) is 25.1 Å². The van der Waals surface area contributed by atoms with Gasteiger partial charge < -0.3 is 4.90 Å². The Morgan fingerprint density at radius 1 is 1.04 bits per heavy atom. The van der Waals surface area contributed by atoms with Gasteiger partial charge >= 0.3 is 0 Å². The molecule has 24 heavy (non-hydrogen) atoms. The molecule has 0 saturated carbocycles. The van der Waals surface area contributed by atoms with E-state index >= 15 is 0 Å². The summed E-state index contributed by atoms with van der Waals surface area (Å²) in [4.78, 5) is 15.8. The van der Waals surface area contributed by atoms with E-state index in [4.69, 9.17) is 0 Å². The van der Waals surface area contributed by atoms with Crippen molar-refractivity contribution < 1.29 is 18.0 Å². The Kier molecular flexibility index (Phi) is 4.57. The molecule has 3 rings (SSSR count). The summed E-state index contributed by atoms with van der Waals surface area (Å²) < 4.78 is 40.7. The minimum Gasteiger partial charge on any atom is -0.307 e. The molecule has 0 bridgehead atoms. The summed E-state index contributed by atoms with van der Waals surface area (Å²) in [6, 6.07) is 9.01. The van der Waals surface area contributed by atoms with E-state index in [1.807, 2.05) is 0 Å². The van der Waals surface area contributed by atoms with Crippen LogP contribution >= 0.6 is 0 Å². The fourth-order valence-electron chi connectivity index (χ4n) is 2.91. The van der Waals surface area contributed by atoms with Gasteiger partial charge in [0.05, 0.1) is 11.7 Å². The highest BCUT2D eigenvalue weighted by atomic mass is 19.1. The van der Waals surface area contributed by atoms with Crippen molar-refractivity contribution in [1.29, 1.82) is 0 Å². The van der Waals surface area contributed by atoms with Crippen molar-refractivity contribution in [3.63, 3.8) is 0 Å². The summed E-state index contributed by atoms with van der Waals surface area (Å²) in [6.45, 7) is 2.69. The smallest absolute Gasteiger partial charge is 0.244 e. The second-order valence-corrected chi connectivity index (χ2v) is 5.82. The zero-order chi connectivity index (χ0) is 17.3. The lowest BCUT2D eigenvalue weighted by Gasteiger charge is -2.39. The molecule has 0 spiro atoms. The third kappa shape index (κ3) is 3.14. The number of hydrogen-bond donors (Lipinski definition) is 0. The number of para-hydroxylation sites is 1. The fourth-order valence-corrected chi connectivity index (χ4v) is 2.91. The number of rotatable bonds is 3. The summed E-state index contributed by atoms with van der Waals surface area (Å²) in [7, 11) is 0. The average molecular weight is 334 g/mol. The first-order chi connectivity index (χ1) is 11.5. The number of halogens is 3. The van der Waals surface area contributed by atoms with E-state index in [0.717, 1.165) is 6.07 Å². The molecule has 1 saturated heterocycles. The van der Waals surface area contributed by atoms with Gasteiger partial charge in [0.2, 0.25) is 5.91 Å². The summed E-state index contributed by atoms with van der Waals surface area (Å²) in [5, 5.41) is 0. The lowest BCUT2D eigenvalue weighted by Crippen LogP contribution is -2.55. The molecule has 126 valence electrons. The number of carbonyl (C=O) groups is 1. The zero-order valence-corrected chi connectivity index (χ0v) is 13.2. The number of carbonyl (C=O) groups excluding carboxylic acids is 1. The van der Waals surface area contributed by atoms with Gasteiger partial charge in [-0.1, -0.05) is 18.2 Å². The van der Waals surface area contributed by atoms with Crippen LogP contribution in [0.2, 0.25) is 0 Å². The van der Waals surface area contributed by atoms with Crippen LogP contribution in [0.15, 0.2) is 42.5 Å². The van der Waals surface area contributed by atoms with E-state index in [9.17, 15) is 18.0 Å². The molecule has 0 N–H and O–H groups in total. The van der Waals surface area contributed by atoms with Gasteiger partial charge in [0.25, 0.3) is 0 Å². The van der Waals surface area contributed by atoms with Crippen molar-refractivity contribution in [3.8, 4) is 0 Å². The van der Waals surface area contributed by atoms with Gasteiger partial charge in [0.1, 0.15) is 17.5 Å². The lowest BCUT2D eigenvalue weighted by atomic mass is 10.1. The minimum absolute atomic E-state index is 0.199. The molecule has 0 aliphatic carbocycles. The second kappa shape index (κ2) is 6.65. The third-order valence-electron chi connectivity index (χ3n) is 4.31. The van der Waals surface area contributed by atoms with Gasteiger partial charge in [-0.2, -0.15) is 0 Å². The Labute approximate surface area is 138 Å². The molecular formula is C18H17F3N2O. The SMILES string of the molecule is C[C@H]1C(=O)N(c2ccccc2F)CCN1Cc1ccc(F)cc1F. The van der Waals surface area contributed by atoms with Gasteiger partial charge in [-0.25, -0.2) is 13.2 Å². The van der Waals surface area contributed by atoms with Crippen LogP contribution in [0.25, 0.3) is 0 Å². The number of benzene rings is 2. The minimum atomic E-state index is -0.634. The van der Waals surface area contributed by atoms with Crippen LogP contribution in [0.1, 0.15) is 12.5 Å². The van der Waals surface area contributed by atoms with Crippen LogP contribution in [0.5, 0.6) is 0 Å². The first-order valence-electron chi connectivity index (χ1n) is 7.71. The molecule has 2 aromatic rings. The van der Waals surface area contributed by atoms with Crippen LogP contribution in [0.4, 0.5) is 18.9 Å². The van der Waals surface area contributed by atoms with Crippen LogP contribution in [-0.4, -0.2) is 29.9 Å². The van der Waals surface area contributed by atoms with E-state index in [1.165, 1.54) is 23.1 Å². The Balaban J connectivity index is 1.76. The number of nitrogens with zero attached hydrogens (tertiary/aromatic N) is 2. The van der Waals surface area contributed by atoms with Gasteiger partial charge in [-0.15, -0.1) is 0 Å². The molecule has 1 aliphatic rings. The normalized spacial score (nSPS) is 18.9. The lowest BCUT2D eigenvalue weighted by molar-refractivity contribution is -0.125. The zero-order valence-electron chi connectivity index (χ0n) is 13.2. The second-order valence-electron chi connectivity index (χ2n) is 5.82. The van der Waals surface area contributed by atoms with E-state index in [2.05, 4.69) is 0 Å². The topological polar surface area (TPSA) is 23.6 Å². The predicted octanol–water partition coefficient (Wildman–Crippen LogP) is 3.34.